The minimum absolute atomic E-state index is 0.873. The Morgan fingerprint density at radius 1 is 0.275 bits per heavy atom. The Hall–Kier alpha value is -9.18. The highest BCUT2D eigenvalue weighted by atomic mass is 16.3. The molecular formula is C66H42N2O. The van der Waals surface area contributed by atoms with E-state index in [4.69, 9.17) is 4.42 Å². The van der Waals surface area contributed by atoms with Gasteiger partial charge in [-0.3, -0.25) is 0 Å². The molecule has 2 heterocycles. The van der Waals surface area contributed by atoms with Crippen LogP contribution in [0.1, 0.15) is 0 Å². The molecule has 0 fully saturated rings. The van der Waals surface area contributed by atoms with Crippen LogP contribution in [0.15, 0.2) is 259 Å². The van der Waals surface area contributed by atoms with Gasteiger partial charge < -0.3 is 13.9 Å². The van der Waals surface area contributed by atoms with Crippen molar-refractivity contribution in [2.24, 2.45) is 0 Å². The lowest BCUT2D eigenvalue weighted by atomic mass is 9.92. The zero-order valence-corrected chi connectivity index (χ0v) is 37.6. The van der Waals surface area contributed by atoms with Crippen LogP contribution in [0.5, 0.6) is 0 Å². The van der Waals surface area contributed by atoms with Crippen molar-refractivity contribution in [3.05, 3.63) is 255 Å². The number of nitrogens with zero attached hydrogens (tertiary/aromatic N) is 2. The number of anilines is 3. The molecule has 0 bridgehead atoms. The molecule has 0 aliphatic carbocycles. The first kappa shape index (κ1) is 39.0. The van der Waals surface area contributed by atoms with Gasteiger partial charge >= 0.3 is 0 Å². The number of furan rings is 1. The van der Waals surface area contributed by atoms with Crippen molar-refractivity contribution < 1.29 is 4.42 Å². The monoisotopic (exact) mass is 878 g/mol. The zero-order valence-electron chi connectivity index (χ0n) is 37.6. The molecule has 3 heteroatoms. The third kappa shape index (κ3) is 6.36. The Morgan fingerprint density at radius 2 is 0.710 bits per heavy atom. The minimum atomic E-state index is 0.873. The summed E-state index contributed by atoms with van der Waals surface area (Å²) < 4.78 is 8.78. The van der Waals surface area contributed by atoms with Crippen LogP contribution in [0.25, 0.3) is 115 Å². The van der Waals surface area contributed by atoms with Crippen molar-refractivity contribution >= 4 is 93.1 Å². The Labute approximate surface area is 399 Å². The summed E-state index contributed by atoms with van der Waals surface area (Å²) in [6, 6.07) is 92.4. The SMILES string of the molecule is c1ccc(-c2ccc3c(c2)c2cc(-c4ccc(N(c5ccccc5)c5cccc6oc7ccccc7c56)cc4)ccc2n3-c2ccc(-c3ccc4c5ccccc5c5ccccc5c4c3)cc2)cc1. The van der Waals surface area contributed by atoms with Crippen LogP contribution >= 0.6 is 0 Å². The molecule has 0 amide bonds. The summed E-state index contributed by atoms with van der Waals surface area (Å²) in [7, 11) is 0. The molecular weight excluding hydrogens is 837 g/mol. The summed E-state index contributed by atoms with van der Waals surface area (Å²) in [5.41, 5.74) is 15.6. The van der Waals surface area contributed by atoms with Gasteiger partial charge in [0.25, 0.3) is 0 Å². The minimum Gasteiger partial charge on any atom is -0.456 e. The second-order valence-electron chi connectivity index (χ2n) is 18.0. The lowest BCUT2D eigenvalue weighted by Crippen LogP contribution is -2.10. The first-order chi connectivity index (χ1) is 34.2. The van der Waals surface area contributed by atoms with E-state index in [1.54, 1.807) is 0 Å². The summed E-state index contributed by atoms with van der Waals surface area (Å²) in [4.78, 5) is 2.34. The number of rotatable bonds is 7. The number of hydrogen-bond acceptors (Lipinski definition) is 2. The van der Waals surface area contributed by atoms with E-state index >= 15 is 0 Å². The quantitative estimate of drug-likeness (QED) is 0.149. The normalized spacial score (nSPS) is 11.8. The van der Waals surface area contributed by atoms with E-state index in [0.717, 1.165) is 50.3 Å². The summed E-state index contributed by atoms with van der Waals surface area (Å²) >= 11 is 0. The molecule has 0 aliphatic rings. The standard InChI is InChI=1S/C66H42N2O/c1-3-14-43(15-4-1)47-31-38-61-59(41-47)60-42-48(45-26-33-50(34-27-45)67(49-16-5-2-6-17-49)63-23-13-25-65-66(63)57-22-11-12-24-64(57)69-65)32-39-62(60)68(61)51-35-28-44(29-36-51)46-30-37-56-54-20-8-7-18-52(54)53-19-9-10-21-55(53)58(56)40-46/h1-42H. The molecule has 322 valence electrons. The number of hydrogen-bond donors (Lipinski definition) is 0. The maximum atomic E-state index is 6.35. The fraction of sp³-hybridized carbons (Fsp3) is 0. The van der Waals surface area contributed by atoms with E-state index in [1.165, 1.54) is 81.9 Å². The van der Waals surface area contributed by atoms with Gasteiger partial charge in [0.1, 0.15) is 11.2 Å². The highest BCUT2D eigenvalue weighted by Gasteiger charge is 2.20. The van der Waals surface area contributed by atoms with Crippen molar-refractivity contribution in [3.8, 4) is 39.1 Å². The van der Waals surface area contributed by atoms with Crippen molar-refractivity contribution in [1.29, 1.82) is 0 Å². The average Bonchev–Trinajstić information content (AvgIpc) is 3.97. The molecule has 14 rings (SSSR count). The Balaban J connectivity index is 0.873. The van der Waals surface area contributed by atoms with Crippen LogP contribution < -0.4 is 4.90 Å². The van der Waals surface area contributed by atoms with Crippen LogP contribution in [-0.4, -0.2) is 4.57 Å². The van der Waals surface area contributed by atoms with E-state index in [2.05, 4.69) is 252 Å². The highest BCUT2D eigenvalue weighted by molar-refractivity contribution is 6.26. The Bertz CT molecular complexity index is 4240. The molecule has 0 radical (unpaired) electrons. The molecule has 0 spiro atoms. The second kappa shape index (κ2) is 15.7. The molecule has 0 unspecified atom stereocenters. The molecule has 3 nitrogen and oxygen atoms in total. The molecule has 0 saturated carbocycles. The molecule has 0 N–H and O–H groups in total. The molecule has 14 aromatic rings. The van der Waals surface area contributed by atoms with Crippen molar-refractivity contribution in [3.63, 3.8) is 0 Å². The second-order valence-corrected chi connectivity index (χ2v) is 18.0. The number of fused-ring (bicyclic) bond motifs is 12. The summed E-state index contributed by atoms with van der Waals surface area (Å²) in [6.45, 7) is 0. The van der Waals surface area contributed by atoms with Gasteiger partial charge in [-0.15, -0.1) is 0 Å². The highest BCUT2D eigenvalue weighted by Crippen LogP contribution is 2.44. The number of para-hydroxylation sites is 2. The van der Waals surface area contributed by atoms with E-state index in [9.17, 15) is 0 Å². The molecule has 0 atom stereocenters. The van der Waals surface area contributed by atoms with E-state index in [-0.39, 0.29) is 0 Å². The fourth-order valence-corrected chi connectivity index (χ4v) is 10.9. The Morgan fingerprint density at radius 3 is 1.33 bits per heavy atom. The summed E-state index contributed by atoms with van der Waals surface area (Å²) in [6.07, 6.45) is 0. The molecule has 0 saturated heterocycles. The first-order valence-electron chi connectivity index (χ1n) is 23.7. The summed E-state index contributed by atoms with van der Waals surface area (Å²) in [5.74, 6) is 0. The van der Waals surface area contributed by atoms with Crippen molar-refractivity contribution in [1.82, 2.24) is 4.57 Å². The number of benzene rings is 12. The van der Waals surface area contributed by atoms with Crippen LogP contribution in [0.2, 0.25) is 0 Å². The molecule has 0 aliphatic heterocycles. The molecule has 2 aromatic heterocycles. The van der Waals surface area contributed by atoms with Gasteiger partial charge in [-0.2, -0.15) is 0 Å². The van der Waals surface area contributed by atoms with Crippen LogP contribution in [0.4, 0.5) is 17.1 Å². The largest absolute Gasteiger partial charge is 0.456 e. The maximum absolute atomic E-state index is 6.35. The van der Waals surface area contributed by atoms with Crippen LogP contribution in [0, 0.1) is 0 Å². The lowest BCUT2D eigenvalue weighted by Gasteiger charge is -2.26. The average molecular weight is 879 g/mol. The molecule has 69 heavy (non-hydrogen) atoms. The van der Waals surface area contributed by atoms with Gasteiger partial charge in [-0.25, -0.2) is 0 Å². The third-order valence-corrected chi connectivity index (χ3v) is 14.2. The van der Waals surface area contributed by atoms with E-state index in [0.29, 0.717) is 0 Å². The van der Waals surface area contributed by atoms with E-state index in [1.807, 2.05) is 12.1 Å². The number of aromatic nitrogens is 1. The van der Waals surface area contributed by atoms with Crippen LogP contribution in [-0.2, 0) is 0 Å². The van der Waals surface area contributed by atoms with Gasteiger partial charge in [-0.05, 0) is 151 Å². The van der Waals surface area contributed by atoms with Gasteiger partial charge in [0, 0.05) is 33.2 Å². The van der Waals surface area contributed by atoms with Gasteiger partial charge in [-0.1, -0.05) is 170 Å². The van der Waals surface area contributed by atoms with Gasteiger partial charge in [0.15, 0.2) is 0 Å². The zero-order chi connectivity index (χ0) is 45.4. The van der Waals surface area contributed by atoms with Crippen molar-refractivity contribution in [2.75, 3.05) is 4.90 Å². The smallest absolute Gasteiger partial charge is 0.137 e. The van der Waals surface area contributed by atoms with Crippen LogP contribution in [0.3, 0.4) is 0 Å². The fourth-order valence-electron chi connectivity index (χ4n) is 10.9. The maximum Gasteiger partial charge on any atom is 0.137 e. The molecule has 12 aromatic carbocycles. The van der Waals surface area contributed by atoms with Crippen molar-refractivity contribution in [2.45, 2.75) is 0 Å². The third-order valence-electron chi connectivity index (χ3n) is 14.2. The van der Waals surface area contributed by atoms with Gasteiger partial charge in [0.05, 0.1) is 22.1 Å². The predicted molar refractivity (Wildman–Crippen MR) is 292 cm³/mol. The first-order valence-corrected chi connectivity index (χ1v) is 23.7. The predicted octanol–water partition coefficient (Wildman–Crippen LogP) is 18.6. The van der Waals surface area contributed by atoms with E-state index < -0.39 is 0 Å². The van der Waals surface area contributed by atoms with Gasteiger partial charge in [0.2, 0.25) is 0 Å². The summed E-state index contributed by atoms with van der Waals surface area (Å²) in [5, 5.41) is 12.4. The lowest BCUT2D eigenvalue weighted by molar-refractivity contribution is 0.669. The topological polar surface area (TPSA) is 21.3 Å². The Kier molecular flexibility index (Phi) is 8.90.